The second-order valence-corrected chi connectivity index (χ2v) is 9.91. The van der Waals surface area contributed by atoms with Crippen molar-refractivity contribution in [3.05, 3.63) is 35.9 Å². The van der Waals surface area contributed by atoms with Gasteiger partial charge < -0.3 is 44.2 Å². The molecule has 40 heavy (non-hydrogen) atoms. The number of amides is 5. The summed E-state index contributed by atoms with van der Waals surface area (Å²) < 4.78 is 0. The van der Waals surface area contributed by atoms with Gasteiger partial charge in [-0.3, -0.25) is 29.0 Å². The largest absolute Gasteiger partial charge is 0.370 e. The molecule has 1 aromatic rings. The van der Waals surface area contributed by atoms with Gasteiger partial charge in [0.2, 0.25) is 29.5 Å². The van der Waals surface area contributed by atoms with Gasteiger partial charge in [0, 0.05) is 6.54 Å². The molecule has 0 aliphatic heterocycles. The van der Waals surface area contributed by atoms with Crippen molar-refractivity contribution in [1.29, 1.82) is 0 Å². The minimum atomic E-state index is -0.970. The third kappa shape index (κ3) is 13.6. The predicted molar refractivity (Wildman–Crippen MR) is 151 cm³/mol. The van der Waals surface area contributed by atoms with Crippen molar-refractivity contribution in [2.75, 3.05) is 13.1 Å². The maximum absolute atomic E-state index is 12.8. The summed E-state index contributed by atoms with van der Waals surface area (Å²) in [6, 6.07) is 5.47. The van der Waals surface area contributed by atoms with E-state index < -0.39 is 60.2 Å². The molecule has 0 aliphatic carbocycles. The lowest BCUT2D eigenvalue weighted by atomic mass is 10.0. The van der Waals surface area contributed by atoms with Crippen molar-refractivity contribution in [2.24, 2.45) is 33.8 Å². The lowest BCUT2D eigenvalue weighted by molar-refractivity contribution is -0.133. The van der Waals surface area contributed by atoms with E-state index in [0.717, 1.165) is 5.56 Å². The highest BCUT2D eigenvalue weighted by Crippen LogP contribution is 2.06. The zero-order valence-corrected chi connectivity index (χ0v) is 23.3. The van der Waals surface area contributed by atoms with Gasteiger partial charge in [0.15, 0.2) is 5.96 Å². The second-order valence-electron chi connectivity index (χ2n) is 9.91. The Balaban J connectivity index is 2.64. The molecule has 0 saturated heterocycles. The molecule has 222 valence electrons. The van der Waals surface area contributed by atoms with Crippen molar-refractivity contribution in [3.8, 4) is 0 Å². The van der Waals surface area contributed by atoms with Crippen LogP contribution in [0.25, 0.3) is 0 Å². The van der Waals surface area contributed by atoms with Crippen molar-refractivity contribution in [2.45, 2.75) is 70.6 Å². The van der Waals surface area contributed by atoms with Gasteiger partial charge in [-0.25, -0.2) is 0 Å². The average molecular weight is 562 g/mol. The lowest BCUT2D eigenvalue weighted by Crippen LogP contribution is -2.56. The first kappa shape index (κ1) is 33.8. The van der Waals surface area contributed by atoms with E-state index in [1.807, 2.05) is 44.2 Å². The number of guanidine groups is 1. The highest BCUT2D eigenvalue weighted by Gasteiger charge is 2.27. The van der Waals surface area contributed by atoms with Crippen LogP contribution in [0.1, 0.15) is 45.6 Å². The third-order valence-electron chi connectivity index (χ3n) is 5.77. The summed E-state index contributed by atoms with van der Waals surface area (Å²) in [4.78, 5) is 65.9. The summed E-state index contributed by atoms with van der Waals surface area (Å²) in [7, 11) is 0. The number of nitrogens with two attached hydrogens (primary N) is 4. The topological polar surface area (TPSA) is 250 Å². The van der Waals surface area contributed by atoms with Crippen LogP contribution in [0, 0.1) is 5.92 Å². The number of carbonyl (C=O) groups excluding carboxylic acids is 5. The highest BCUT2D eigenvalue weighted by atomic mass is 16.2. The van der Waals surface area contributed by atoms with Crippen molar-refractivity contribution in [3.63, 3.8) is 0 Å². The van der Waals surface area contributed by atoms with Crippen LogP contribution in [0.15, 0.2) is 35.3 Å². The van der Waals surface area contributed by atoms with Crippen LogP contribution >= 0.6 is 0 Å². The quantitative estimate of drug-likeness (QED) is 0.0583. The minimum Gasteiger partial charge on any atom is -0.370 e. The smallest absolute Gasteiger partial charge is 0.243 e. The molecule has 14 heteroatoms. The molecule has 0 aliphatic rings. The van der Waals surface area contributed by atoms with Gasteiger partial charge in [0.25, 0.3) is 0 Å². The van der Waals surface area contributed by atoms with Crippen LogP contribution in [-0.2, 0) is 30.4 Å². The summed E-state index contributed by atoms with van der Waals surface area (Å²) in [6.45, 7) is 5.03. The first-order valence-corrected chi connectivity index (χ1v) is 13.1. The van der Waals surface area contributed by atoms with E-state index in [9.17, 15) is 24.0 Å². The van der Waals surface area contributed by atoms with Crippen LogP contribution in [0.5, 0.6) is 0 Å². The van der Waals surface area contributed by atoms with Crippen LogP contribution < -0.4 is 44.2 Å². The van der Waals surface area contributed by atoms with Crippen LogP contribution in [0.2, 0.25) is 0 Å². The molecular formula is C26H43N9O5. The minimum absolute atomic E-state index is 0.0264. The Morgan fingerprint density at radius 3 is 2.08 bits per heavy atom. The molecule has 0 bridgehead atoms. The lowest BCUT2D eigenvalue weighted by Gasteiger charge is -2.23. The van der Waals surface area contributed by atoms with E-state index in [4.69, 9.17) is 22.9 Å². The van der Waals surface area contributed by atoms with Crippen LogP contribution in [0.4, 0.5) is 0 Å². The molecule has 4 atom stereocenters. The predicted octanol–water partition coefficient (Wildman–Crippen LogP) is -2.27. The first-order chi connectivity index (χ1) is 18.8. The van der Waals surface area contributed by atoms with E-state index >= 15 is 0 Å². The van der Waals surface area contributed by atoms with Gasteiger partial charge in [0.05, 0.1) is 12.6 Å². The monoisotopic (exact) mass is 561 g/mol. The summed E-state index contributed by atoms with van der Waals surface area (Å²) in [5.41, 5.74) is 22.7. The summed E-state index contributed by atoms with van der Waals surface area (Å²) in [5.74, 6) is -3.13. The van der Waals surface area contributed by atoms with Gasteiger partial charge in [-0.05, 0) is 44.1 Å². The van der Waals surface area contributed by atoms with Gasteiger partial charge in [-0.15, -0.1) is 0 Å². The Labute approximate surface area is 234 Å². The number of benzene rings is 1. The van der Waals surface area contributed by atoms with Crippen molar-refractivity contribution < 1.29 is 24.0 Å². The third-order valence-corrected chi connectivity index (χ3v) is 5.77. The van der Waals surface area contributed by atoms with Gasteiger partial charge in [0.1, 0.15) is 18.1 Å². The number of nitrogens with zero attached hydrogens (tertiary/aromatic N) is 1. The fourth-order valence-electron chi connectivity index (χ4n) is 3.67. The average Bonchev–Trinajstić information content (AvgIpc) is 2.88. The zero-order valence-electron chi connectivity index (χ0n) is 23.3. The van der Waals surface area contributed by atoms with E-state index in [1.54, 1.807) is 0 Å². The van der Waals surface area contributed by atoms with E-state index in [-0.39, 0.29) is 31.3 Å². The number of rotatable bonds is 17. The molecule has 12 N–H and O–H groups in total. The fraction of sp³-hybridized carbons (Fsp3) is 0.538. The normalized spacial score (nSPS) is 13.7. The van der Waals surface area contributed by atoms with E-state index in [1.165, 1.54) is 6.92 Å². The maximum Gasteiger partial charge on any atom is 0.243 e. The molecule has 1 rings (SSSR count). The molecule has 14 nitrogen and oxygen atoms in total. The van der Waals surface area contributed by atoms with Gasteiger partial charge in [-0.1, -0.05) is 44.2 Å². The van der Waals surface area contributed by atoms with Crippen molar-refractivity contribution in [1.82, 2.24) is 21.3 Å². The molecule has 5 amide bonds. The van der Waals surface area contributed by atoms with Crippen LogP contribution in [0.3, 0.4) is 0 Å². The Morgan fingerprint density at radius 2 is 1.50 bits per heavy atom. The molecule has 0 aromatic heterocycles. The SMILES string of the molecule is CC(C)C[C@H](NC(=O)[C@H](C)NC(=O)[C@@H](N)Cc1ccccc1)C(=O)NCC(=O)N[C@@H](CCCN=C(N)N)C(N)=O. The van der Waals surface area contributed by atoms with Gasteiger partial charge >= 0.3 is 0 Å². The first-order valence-electron chi connectivity index (χ1n) is 13.1. The molecule has 0 spiro atoms. The maximum atomic E-state index is 12.8. The standard InChI is InChI=1S/C26H43N9O5/c1-15(2)12-20(25(40)32-14-21(36)34-19(22(28)37)10-7-11-31-26(29)30)35-23(38)16(3)33-24(39)18(27)13-17-8-5-4-6-9-17/h4-6,8-9,15-16,18-20H,7,10-14,27H2,1-3H3,(H2,28,37)(H,32,40)(H,33,39)(H,34,36)(H,35,38)(H4,29,30,31)/t16-,18-,19-,20-/m0/s1. The summed E-state index contributed by atoms with van der Waals surface area (Å²) >= 11 is 0. The van der Waals surface area contributed by atoms with Crippen molar-refractivity contribution >= 4 is 35.5 Å². The highest BCUT2D eigenvalue weighted by molar-refractivity contribution is 5.94. The molecule has 0 radical (unpaired) electrons. The molecule has 1 aromatic carbocycles. The molecule has 0 fully saturated rings. The van der Waals surface area contributed by atoms with Crippen LogP contribution in [-0.4, -0.2) is 72.8 Å². The molecule has 0 unspecified atom stereocenters. The number of nitrogens with one attached hydrogen (secondary N) is 4. The molecule has 0 saturated carbocycles. The summed E-state index contributed by atoms with van der Waals surface area (Å²) in [6.07, 6.45) is 1.18. The Hall–Kier alpha value is -4.20. The number of hydrogen-bond acceptors (Lipinski definition) is 7. The van der Waals surface area contributed by atoms with Gasteiger partial charge in [-0.2, -0.15) is 0 Å². The van der Waals surface area contributed by atoms with E-state index in [0.29, 0.717) is 12.8 Å². The Bertz CT molecular complexity index is 1030. The van der Waals surface area contributed by atoms with E-state index in [2.05, 4.69) is 26.3 Å². The Morgan fingerprint density at radius 1 is 0.850 bits per heavy atom. The number of carbonyl (C=O) groups is 5. The number of aliphatic imine (C=N–C) groups is 1. The Kier molecular flexibility index (Phi) is 14.7. The molecule has 0 heterocycles. The number of hydrogen-bond donors (Lipinski definition) is 8. The molecular weight excluding hydrogens is 518 g/mol. The number of primary amides is 1. The zero-order chi connectivity index (χ0) is 30.2. The second kappa shape index (κ2) is 17.4. The summed E-state index contributed by atoms with van der Waals surface area (Å²) in [5, 5.41) is 10.1. The fourth-order valence-corrected chi connectivity index (χ4v) is 3.67.